The van der Waals surface area contributed by atoms with E-state index < -0.39 is 5.97 Å². The summed E-state index contributed by atoms with van der Waals surface area (Å²) in [6.07, 6.45) is 1.49. The van der Waals surface area contributed by atoms with Gasteiger partial charge in [0.25, 0.3) is 5.91 Å². The molecule has 3 aromatic carbocycles. The lowest BCUT2D eigenvalue weighted by molar-refractivity contribution is 0.0734. The summed E-state index contributed by atoms with van der Waals surface area (Å²) in [7, 11) is 1.50. The molecular weight excluding hydrogens is 436 g/mol. The number of hydrogen-bond acceptors (Lipinski definition) is 5. The number of hydrazone groups is 1. The number of halogens is 1. The molecule has 6 nitrogen and oxygen atoms in total. The molecule has 3 aromatic rings. The highest BCUT2D eigenvalue weighted by molar-refractivity contribution is 9.10. The minimum absolute atomic E-state index is 0.376. The third kappa shape index (κ3) is 5.52. The first-order chi connectivity index (χ1) is 14.1. The number of nitrogens with zero attached hydrogens (tertiary/aromatic N) is 1. The van der Waals surface area contributed by atoms with Crippen LogP contribution < -0.4 is 14.9 Å². The van der Waals surface area contributed by atoms with Crippen LogP contribution in [0.2, 0.25) is 0 Å². The number of carbonyl (C=O) groups excluding carboxylic acids is 2. The number of esters is 1. The molecule has 0 heterocycles. The maximum atomic E-state index is 12.2. The molecule has 146 valence electrons. The quantitative estimate of drug-likeness (QED) is 0.259. The van der Waals surface area contributed by atoms with Crippen molar-refractivity contribution in [3.63, 3.8) is 0 Å². The van der Waals surface area contributed by atoms with E-state index in [0.717, 1.165) is 10.0 Å². The minimum Gasteiger partial charge on any atom is -0.496 e. The summed E-state index contributed by atoms with van der Waals surface area (Å²) in [5, 5.41) is 3.95. The summed E-state index contributed by atoms with van der Waals surface area (Å²) in [5.41, 5.74) is 4.03. The average Bonchev–Trinajstić information content (AvgIpc) is 2.75. The van der Waals surface area contributed by atoms with Crippen LogP contribution in [0.5, 0.6) is 11.5 Å². The van der Waals surface area contributed by atoms with Crippen molar-refractivity contribution < 1.29 is 19.1 Å². The lowest BCUT2D eigenvalue weighted by Gasteiger charge is -2.06. The molecule has 3 rings (SSSR count). The Morgan fingerprint density at radius 2 is 1.66 bits per heavy atom. The minimum atomic E-state index is -0.442. The highest BCUT2D eigenvalue weighted by Gasteiger charge is 2.10. The van der Waals surface area contributed by atoms with Gasteiger partial charge in [0.1, 0.15) is 11.5 Å². The van der Waals surface area contributed by atoms with Crippen LogP contribution in [0.4, 0.5) is 0 Å². The summed E-state index contributed by atoms with van der Waals surface area (Å²) in [6, 6.07) is 20.5. The number of ether oxygens (including phenoxy) is 2. The number of carbonyl (C=O) groups is 2. The van der Waals surface area contributed by atoms with Gasteiger partial charge in [0.15, 0.2) is 0 Å². The maximum Gasteiger partial charge on any atom is 0.343 e. The lowest BCUT2D eigenvalue weighted by Crippen LogP contribution is -2.18. The Balaban J connectivity index is 1.58. The van der Waals surface area contributed by atoms with Crippen LogP contribution >= 0.6 is 15.9 Å². The first-order valence-corrected chi connectivity index (χ1v) is 9.40. The Kier molecular flexibility index (Phi) is 6.76. The molecule has 0 saturated carbocycles. The predicted octanol–water partition coefficient (Wildman–Crippen LogP) is 4.44. The van der Waals surface area contributed by atoms with E-state index in [1.54, 1.807) is 72.8 Å². The molecule has 1 amide bonds. The number of amides is 1. The van der Waals surface area contributed by atoms with Crippen LogP contribution in [0, 0.1) is 0 Å². The second-order valence-corrected chi connectivity index (χ2v) is 6.78. The molecular formula is C22H17BrN2O4. The zero-order valence-corrected chi connectivity index (χ0v) is 17.0. The number of benzene rings is 3. The number of nitrogens with one attached hydrogen (secondary N) is 1. The van der Waals surface area contributed by atoms with Gasteiger partial charge >= 0.3 is 5.97 Å². The van der Waals surface area contributed by atoms with Gasteiger partial charge in [0.05, 0.1) is 24.5 Å². The van der Waals surface area contributed by atoms with Crippen molar-refractivity contribution in [2.24, 2.45) is 5.10 Å². The molecule has 0 aliphatic carbocycles. The SMILES string of the molecule is COc1ccccc1C(=O)N/N=C\c1ccc(OC(=O)c2ccc(Br)cc2)cc1. The van der Waals surface area contributed by atoms with Crippen LogP contribution in [0.25, 0.3) is 0 Å². The smallest absolute Gasteiger partial charge is 0.343 e. The number of hydrogen-bond donors (Lipinski definition) is 1. The van der Waals surface area contributed by atoms with Crippen molar-refractivity contribution in [1.82, 2.24) is 5.43 Å². The molecule has 7 heteroatoms. The molecule has 0 fully saturated rings. The molecule has 1 N–H and O–H groups in total. The van der Waals surface area contributed by atoms with Gasteiger partial charge in [-0.25, -0.2) is 10.2 Å². The van der Waals surface area contributed by atoms with E-state index in [4.69, 9.17) is 9.47 Å². The van der Waals surface area contributed by atoms with E-state index in [2.05, 4.69) is 26.5 Å². The van der Waals surface area contributed by atoms with E-state index in [1.807, 2.05) is 0 Å². The molecule has 0 aliphatic rings. The summed E-state index contributed by atoms with van der Waals surface area (Å²) in [4.78, 5) is 24.3. The molecule has 0 radical (unpaired) electrons. The van der Waals surface area contributed by atoms with Gasteiger partial charge in [-0.1, -0.05) is 28.1 Å². The van der Waals surface area contributed by atoms with Gasteiger partial charge in [-0.15, -0.1) is 0 Å². The third-order valence-corrected chi connectivity index (χ3v) is 4.43. The third-order valence-electron chi connectivity index (χ3n) is 3.90. The fourth-order valence-corrected chi connectivity index (χ4v) is 2.70. The highest BCUT2D eigenvalue weighted by atomic mass is 79.9. The van der Waals surface area contributed by atoms with Gasteiger partial charge in [-0.3, -0.25) is 4.79 Å². The predicted molar refractivity (Wildman–Crippen MR) is 114 cm³/mol. The van der Waals surface area contributed by atoms with Crippen molar-refractivity contribution >= 4 is 34.0 Å². The van der Waals surface area contributed by atoms with Gasteiger partial charge in [-0.2, -0.15) is 5.10 Å². The molecule has 0 aliphatic heterocycles. The van der Waals surface area contributed by atoms with Crippen molar-refractivity contribution in [2.75, 3.05) is 7.11 Å². The summed E-state index contributed by atoms with van der Waals surface area (Å²) in [5.74, 6) is 0.0620. The zero-order valence-electron chi connectivity index (χ0n) is 15.5. The van der Waals surface area contributed by atoms with Crippen LogP contribution in [0.1, 0.15) is 26.3 Å². The first kappa shape index (κ1) is 20.3. The van der Waals surface area contributed by atoms with E-state index in [1.165, 1.54) is 13.3 Å². The van der Waals surface area contributed by atoms with Crippen molar-refractivity contribution in [3.8, 4) is 11.5 Å². The van der Waals surface area contributed by atoms with Gasteiger partial charge in [0.2, 0.25) is 0 Å². The fraction of sp³-hybridized carbons (Fsp3) is 0.0455. The Morgan fingerprint density at radius 1 is 0.966 bits per heavy atom. The topological polar surface area (TPSA) is 77.0 Å². The van der Waals surface area contributed by atoms with E-state index >= 15 is 0 Å². The van der Waals surface area contributed by atoms with Gasteiger partial charge in [-0.05, 0) is 66.2 Å². The second-order valence-electron chi connectivity index (χ2n) is 5.86. The van der Waals surface area contributed by atoms with Crippen LogP contribution in [0.3, 0.4) is 0 Å². The van der Waals surface area contributed by atoms with Gasteiger partial charge < -0.3 is 9.47 Å². The van der Waals surface area contributed by atoms with E-state index in [0.29, 0.717) is 22.6 Å². The molecule has 0 unspecified atom stereocenters. The normalized spacial score (nSPS) is 10.6. The first-order valence-electron chi connectivity index (χ1n) is 8.61. The van der Waals surface area contributed by atoms with Crippen LogP contribution in [-0.4, -0.2) is 25.2 Å². The fourth-order valence-electron chi connectivity index (χ4n) is 2.43. The monoisotopic (exact) mass is 452 g/mol. The van der Waals surface area contributed by atoms with E-state index in [-0.39, 0.29) is 5.91 Å². The zero-order chi connectivity index (χ0) is 20.6. The highest BCUT2D eigenvalue weighted by Crippen LogP contribution is 2.17. The average molecular weight is 453 g/mol. The summed E-state index contributed by atoms with van der Waals surface area (Å²) in [6.45, 7) is 0. The molecule has 0 atom stereocenters. The van der Waals surface area contributed by atoms with Crippen molar-refractivity contribution in [2.45, 2.75) is 0 Å². The maximum absolute atomic E-state index is 12.2. The summed E-state index contributed by atoms with van der Waals surface area (Å²) >= 11 is 3.32. The standard InChI is InChI=1S/C22H17BrN2O4/c1-28-20-5-3-2-4-19(20)21(26)25-24-14-15-6-12-18(13-7-15)29-22(27)16-8-10-17(23)11-9-16/h2-14H,1H3,(H,25,26)/b24-14-. The van der Waals surface area contributed by atoms with Crippen molar-refractivity contribution in [1.29, 1.82) is 0 Å². The molecule has 29 heavy (non-hydrogen) atoms. The largest absolute Gasteiger partial charge is 0.496 e. The van der Waals surface area contributed by atoms with Crippen molar-refractivity contribution in [3.05, 3.63) is 94.0 Å². The van der Waals surface area contributed by atoms with Crippen LogP contribution in [-0.2, 0) is 0 Å². The molecule has 0 aromatic heterocycles. The molecule has 0 bridgehead atoms. The number of para-hydroxylation sites is 1. The Hall–Kier alpha value is -3.45. The second kappa shape index (κ2) is 9.66. The molecule has 0 spiro atoms. The Morgan fingerprint density at radius 3 is 2.34 bits per heavy atom. The van der Waals surface area contributed by atoms with Crippen LogP contribution in [0.15, 0.2) is 82.4 Å². The Labute approximate surface area is 176 Å². The number of methoxy groups -OCH3 is 1. The lowest BCUT2D eigenvalue weighted by atomic mass is 10.2. The molecule has 0 saturated heterocycles. The van der Waals surface area contributed by atoms with E-state index in [9.17, 15) is 9.59 Å². The number of rotatable bonds is 6. The summed E-state index contributed by atoms with van der Waals surface area (Å²) < 4.78 is 11.4. The van der Waals surface area contributed by atoms with Gasteiger partial charge in [0, 0.05) is 4.47 Å². The Bertz CT molecular complexity index is 1030.